The normalized spacial score (nSPS) is 16.2. The standard InChI is InChI=1S/C16H14IN3O4S/c17-11-6-7-12-14(8-11)25(23,24)20-15(19-12)16(22)18-9-13(21)10-4-2-1-3-5-10/h1-8,13,21H,9H2,(H,18,22)(H,19,20). The van der Waals surface area contributed by atoms with Crippen molar-refractivity contribution in [1.82, 2.24) is 5.32 Å². The molecule has 9 heteroatoms. The van der Waals surface area contributed by atoms with Crippen molar-refractivity contribution in [2.45, 2.75) is 11.0 Å². The number of benzene rings is 2. The van der Waals surface area contributed by atoms with Crippen molar-refractivity contribution in [3.8, 4) is 0 Å². The second kappa shape index (κ2) is 7.10. The molecule has 1 aliphatic heterocycles. The van der Waals surface area contributed by atoms with Crippen molar-refractivity contribution in [1.29, 1.82) is 0 Å². The number of aliphatic hydroxyl groups is 1. The van der Waals surface area contributed by atoms with E-state index in [2.05, 4.69) is 15.0 Å². The number of anilines is 1. The fourth-order valence-corrected chi connectivity index (χ4v) is 4.14. The lowest BCUT2D eigenvalue weighted by atomic mass is 10.1. The van der Waals surface area contributed by atoms with E-state index in [1.54, 1.807) is 36.4 Å². The fraction of sp³-hybridized carbons (Fsp3) is 0.125. The van der Waals surface area contributed by atoms with Gasteiger partial charge >= 0.3 is 0 Å². The highest BCUT2D eigenvalue weighted by Crippen LogP contribution is 2.28. The number of amidine groups is 1. The summed E-state index contributed by atoms with van der Waals surface area (Å²) in [6.45, 7) is -0.0663. The monoisotopic (exact) mass is 471 g/mol. The molecule has 0 bridgehead atoms. The first-order valence-electron chi connectivity index (χ1n) is 7.29. The predicted molar refractivity (Wildman–Crippen MR) is 102 cm³/mol. The number of nitrogens with one attached hydrogen (secondary N) is 2. The van der Waals surface area contributed by atoms with Crippen molar-refractivity contribution in [3.63, 3.8) is 0 Å². The summed E-state index contributed by atoms with van der Waals surface area (Å²) in [5.41, 5.74) is 0.943. The summed E-state index contributed by atoms with van der Waals surface area (Å²) >= 11 is 2.00. The first kappa shape index (κ1) is 17.8. The Morgan fingerprint density at radius 3 is 2.68 bits per heavy atom. The minimum atomic E-state index is -3.95. The Hall–Kier alpha value is -1.98. The molecule has 0 aromatic heterocycles. The lowest BCUT2D eigenvalue weighted by Gasteiger charge is -2.18. The van der Waals surface area contributed by atoms with Crippen LogP contribution in [0.2, 0.25) is 0 Å². The van der Waals surface area contributed by atoms with Crippen LogP contribution in [-0.4, -0.2) is 31.8 Å². The van der Waals surface area contributed by atoms with E-state index in [0.717, 1.165) is 3.57 Å². The van der Waals surface area contributed by atoms with Crippen molar-refractivity contribution < 1.29 is 18.3 Å². The number of hydrogen-bond donors (Lipinski definition) is 3. The molecule has 3 rings (SSSR count). The molecule has 0 saturated carbocycles. The summed E-state index contributed by atoms with van der Waals surface area (Å²) in [5, 5.41) is 15.3. The Bertz CT molecular complexity index is 945. The molecule has 2 aromatic carbocycles. The second-order valence-electron chi connectivity index (χ2n) is 5.32. The van der Waals surface area contributed by atoms with Crippen LogP contribution >= 0.6 is 22.6 Å². The average Bonchev–Trinajstić information content (AvgIpc) is 2.60. The minimum Gasteiger partial charge on any atom is -0.387 e. The number of halogens is 1. The van der Waals surface area contributed by atoms with Gasteiger partial charge in [-0.15, -0.1) is 4.40 Å². The van der Waals surface area contributed by atoms with E-state index in [4.69, 9.17) is 0 Å². The van der Waals surface area contributed by atoms with Gasteiger partial charge in [-0.05, 0) is 46.4 Å². The highest BCUT2D eigenvalue weighted by molar-refractivity contribution is 14.1. The molecule has 0 spiro atoms. The Labute approximate surface area is 158 Å². The van der Waals surface area contributed by atoms with Crippen LogP contribution in [0.1, 0.15) is 11.7 Å². The third-order valence-electron chi connectivity index (χ3n) is 3.54. The molecule has 1 unspecified atom stereocenters. The van der Waals surface area contributed by atoms with Crippen molar-refractivity contribution >= 4 is 50.0 Å². The molecule has 0 aliphatic carbocycles. The van der Waals surface area contributed by atoms with Crippen LogP contribution in [0.3, 0.4) is 0 Å². The summed E-state index contributed by atoms with van der Waals surface area (Å²) in [6.07, 6.45) is -0.903. The van der Waals surface area contributed by atoms with Gasteiger partial charge in [-0.1, -0.05) is 30.3 Å². The summed E-state index contributed by atoms with van der Waals surface area (Å²) in [4.78, 5) is 12.2. The molecular weight excluding hydrogens is 457 g/mol. The molecule has 1 amide bonds. The van der Waals surface area contributed by atoms with Crippen LogP contribution in [0.15, 0.2) is 57.8 Å². The van der Waals surface area contributed by atoms with Gasteiger partial charge in [0, 0.05) is 10.1 Å². The third kappa shape index (κ3) is 3.99. The number of carbonyl (C=O) groups is 1. The zero-order valence-electron chi connectivity index (χ0n) is 12.8. The Kier molecular flexibility index (Phi) is 5.06. The van der Waals surface area contributed by atoms with Gasteiger partial charge in [0.2, 0.25) is 5.84 Å². The second-order valence-corrected chi connectivity index (χ2v) is 8.14. The number of sulfonamides is 1. The maximum Gasteiger partial charge on any atom is 0.288 e. The quantitative estimate of drug-likeness (QED) is 0.588. The summed E-state index contributed by atoms with van der Waals surface area (Å²) < 4.78 is 28.8. The van der Waals surface area contributed by atoms with Gasteiger partial charge in [0.25, 0.3) is 15.9 Å². The van der Waals surface area contributed by atoms with Crippen LogP contribution in [0.25, 0.3) is 0 Å². The molecule has 3 N–H and O–H groups in total. The molecular formula is C16H14IN3O4S. The van der Waals surface area contributed by atoms with Crippen molar-refractivity contribution in [2.75, 3.05) is 11.9 Å². The van der Waals surface area contributed by atoms with E-state index in [1.165, 1.54) is 6.07 Å². The number of hydrogen-bond acceptors (Lipinski definition) is 5. The maximum atomic E-state index is 12.2. The molecule has 7 nitrogen and oxygen atoms in total. The van der Waals surface area contributed by atoms with Crippen LogP contribution < -0.4 is 10.6 Å². The largest absolute Gasteiger partial charge is 0.387 e. The Balaban J connectivity index is 1.73. The van der Waals surface area contributed by atoms with E-state index >= 15 is 0 Å². The smallest absolute Gasteiger partial charge is 0.288 e. The van der Waals surface area contributed by atoms with Crippen LogP contribution in [0, 0.1) is 3.57 Å². The van der Waals surface area contributed by atoms with E-state index in [0.29, 0.717) is 11.3 Å². The van der Waals surface area contributed by atoms with Crippen molar-refractivity contribution in [3.05, 3.63) is 57.7 Å². The average molecular weight is 471 g/mol. The van der Waals surface area contributed by atoms with E-state index in [1.807, 2.05) is 28.7 Å². The van der Waals surface area contributed by atoms with Crippen LogP contribution in [0.5, 0.6) is 0 Å². The van der Waals surface area contributed by atoms with Crippen molar-refractivity contribution in [2.24, 2.45) is 4.40 Å². The van der Waals surface area contributed by atoms with E-state index in [-0.39, 0.29) is 17.3 Å². The molecule has 1 heterocycles. The van der Waals surface area contributed by atoms with Crippen LogP contribution in [-0.2, 0) is 14.8 Å². The highest BCUT2D eigenvalue weighted by Gasteiger charge is 2.28. The molecule has 0 fully saturated rings. The molecule has 1 atom stereocenters. The summed E-state index contributed by atoms with van der Waals surface area (Å²) in [7, 11) is -3.95. The number of carbonyl (C=O) groups excluding carboxylic acids is 1. The first-order valence-corrected chi connectivity index (χ1v) is 9.81. The lowest BCUT2D eigenvalue weighted by molar-refractivity contribution is -0.115. The molecule has 2 aromatic rings. The molecule has 1 aliphatic rings. The predicted octanol–water partition coefficient (Wildman–Crippen LogP) is 1.65. The van der Waals surface area contributed by atoms with Gasteiger partial charge in [0.15, 0.2) is 0 Å². The van der Waals surface area contributed by atoms with E-state index in [9.17, 15) is 18.3 Å². The zero-order valence-corrected chi connectivity index (χ0v) is 15.8. The molecule has 0 radical (unpaired) electrons. The number of rotatable bonds is 4. The van der Waals surface area contributed by atoms with Gasteiger partial charge in [0.05, 0.1) is 11.8 Å². The van der Waals surface area contributed by atoms with Crippen LogP contribution in [0.4, 0.5) is 5.69 Å². The minimum absolute atomic E-state index is 0.0280. The number of fused-ring (bicyclic) bond motifs is 1. The lowest BCUT2D eigenvalue weighted by Crippen LogP contribution is -2.39. The first-order chi connectivity index (χ1) is 11.9. The number of amides is 1. The van der Waals surface area contributed by atoms with Gasteiger partial charge in [-0.25, -0.2) is 0 Å². The van der Waals surface area contributed by atoms with E-state index < -0.39 is 22.0 Å². The maximum absolute atomic E-state index is 12.2. The summed E-state index contributed by atoms with van der Waals surface area (Å²) in [5.74, 6) is -1.03. The number of nitrogens with zero attached hydrogens (tertiary/aromatic N) is 1. The van der Waals surface area contributed by atoms with Gasteiger partial charge in [-0.3, -0.25) is 4.79 Å². The third-order valence-corrected chi connectivity index (χ3v) is 5.53. The fourth-order valence-electron chi connectivity index (χ4n) is 2.30. The highest BCUT2D eigenvalue weighted by atomic mass is 127. The Morgan fingerprint density at radius 2 is 1.96 bits per heavy atom. The zero-order chi connectivity index (χ0) is 18.0. The topological polar surface area (TPSA) is 108 Å². The van der Waals surface area contributed by atoms with Gasteiger partial charge < -0.3 is 15.7 Å². The Morgan fingerprint density at radius 1 is 1.24 bits per heavy atom. The van der Waals surface area contributed by atoms with Gasteiger partial charge in [-0.2, -0.15) is 8.42 Å². The molecule has 130 valence electrons. The summed E-state index contributed by atoms with van der Waals surface area (Å²) in [6, 6.07) is 13.6. The molecule has 25 heavy (non-hydrogen) atoms. The molecule has 0 saturated heterocycles. The number of aliphatic hydroxyl groups excluding tert-OH is 1. The SMILES string of the molecule is O=C(NCC(O)c1ccccc1)C1=NS(=O)(=O)c2cc(I)ccc2N1. The van der Waals surface area contributed by atoms with Gasteiger partial charge in [0.1, 0.15) is 4.90 Å².